The summed E-state index contributed by atoms with van der Waals surface area (Å²) in [6, 6.07) is -0.125. The molecule has 2 aromatic rings. The van der Waals surface area contributed by atoms with Gasteiger partial charge in [-0.05, 0) is 62.1 Å². The number of aryl methyl sites for hydroxylation is 1. The second-order valence-electron chi connectivity index (χ2n) is 9.06. The molecule has 0 saturated heterocycles. The van der Waals surface area contributed by atoms with Crippen LogP contribution in [-0.4, -0.2) is 43.8 Å². The fourth-order valence-corrected chi connectivity index (χ4v) is 7.27. The lowest BCUT2D eigenvalue weighted by atomic mass is 10.0. The van der Waals surface area contributed by atoms with E-state index in [1.807, 2.05) is 0 Å². The minimum Gasteiger partial charge on any atom is -0.393 e. The first-order valence-corrected chi connectivity index (χ1v) is 13.2. The zero-order valence-electron chi connectivity index (χ0n) is 17.8. The summed E-state index contributed by atoms with van der Waals surface area (Å²) < 4.78 is 30.6. The van der Waals surface area contributed by atoms with Crippen molar-refractivity contribution >= 4 is 33.0 Å². The van der Waals surface area contributed by atoms with E-state index in [1.54, 1.807) is 0 Å². The number of aromatic nitrogens is 1. The number of urea groups is 1. The summed E-state index contributed by atoms with van der Waals surface area (Å²) in [5.41, 5.74) is 2.67. The molecule has 3 aliphatic carbocycles. The van der Waals surface area contributed by atoms with E-state index in [0.29, 0.717) is 17.0 Å². The lowest BCUT2D eigenvalue weighted by molar-refractivity contribution is -0.0572. The number of carbonyl (C=O) groups excluding carboxylic acids is 1. The number of nitrogens with zero attached hydrogens (tertiary/aromatic N) is 2. The molecule has 178 valence electrons. The number of hydrogen-bond acceptors (Lipinski definition) is 7. The molecule has 0 unspecified atom stereocenters. The normalized spacial score (nSPS) is 19.8. The van der Waals surface area contributed by atoms with E-state index in [9.17, 15) is 28.7 Å². The molecule has 9 nitrogen and oxygen atoms in total. The molecule has 5 rings (SSSR count). The third-order valence-electron chi connectivity index (χ3n) is 6.89. The van der Waals surface area contributed by atoms with Crippen molar-refractivity contribution < 1.29 is 28.7 Å². The summed E-state index contributed by atoms with van der Waals surface area (Å²) in [4.78, 5) is 17.5. The predicted molar refractivity (Wildman–Crippen MR) is 120 cm³/mol. The van der Waals surface area contributed by atoms with Crippen molar-refractivity contribution in [3.8, 4) is 0 Å². The van der Waals surface area contributed by atoms with Gasteiger partial charge in [0.1, 0.15) is 5.60 Å². The summed E-state index contributed by atoms with van der Waals surface area (Å²) in [7, 11) is -3.99. The molecular weight excluding hydrogens is 471 g/mol. The standard InChI is InChI=1S/C21H25FN4O5S2/c22-13-8-15(21(30,9-27)10-28)32-18(13)33(23,31)26-19(29)25-16-11-2-1-3-14(11)24-17-12(16)4-5-20(17)6-7-20/h8,27-28,30H,1-7,9-10H2,(H3,23,24,25,26,29,31)/t33-/m1/s1. The van der Waals surface area contributed by atoms with Gasteiger partial charge in [-0.2, -0.15) is 0 Å². The van der Waals surface area contributed by atoms with E-state index >= 15 is 0 Å². The molecule has 1 atom stereocenters. The minimum absolute atomic E-state index is 0.123. The topological polar surface area (TPSA) is 158 Å². The van der Waals surface area contributed by atoms with Crippen molar-refractivity contribution in [2.75, 3.05) is 18.5 Å². The first kappa shape index (κ1) is 22.8. The number of hydrogen-bond donors (Lipinski definition) is 5. The van der Waals surface area contributed by atoms with E-state index in [-0.39, 0.29) is 10.3 Å². The van der Waals surface area contributed by atoms with E-state index in [4.69, 9.17) is 10.1 Å². The second kappa shape index (κ2) is 7.79. The molecule has 12 heteroatoms. The highest BCUT2D eigenvalue weighted by Crippen LogP contribution is 2.58. The van der Waals surface area contributed by atoms with Crippen LogP contribution in [0.5, 0.6) is 0 Å². The maximum atomic E-state index is 14.5. The van der Waals surface area contributed by atoms with Crippen molar-refractivity contribution in [2.24, 2.45) is 9.50 Å². The van der Waals surface area contributed by atoms with Crippen LogP contribution in [-0.2, 0) is 40.2 Å². The number of thiophene rings is 1. The van der Waals surface area contributed by atoms with Crippen LogP contribution in [0.4, 0.5) is 14.9 Å². The van der Waals surface area contributed by atoms with Gasteiger partial charge < -0.3 is 20.6 Å². The monoisotopic (exact) mass is 496 g/mol. The molecule has 33 heavy (non-hydrogen) atoms. The molecule has 0 bridgehead atoms. The van der Waals surface area contributed by atoms with Gasteiger partial charge in [0.15, 0.2) is 19.9 Å². The molecule has 2 amide bonds. The predicted octanol–water partition coefficient (Wildman–Crippen LogP) is 1.85. The van der Waals surface area contributed by atoms with Crippen molar-refractivity contribution in [1.82, 2.24) is 4.98 Å². The molecule has 2 heterocycles. The van der Waals surface area contributed by atoms with Crippen LogP contribution in [0.25, 0.3) is 0 Å². The molecule has 1 fully saturated rings. The Labute approximate surface area is 194 Å². The number of nitrogens with one attached hydrogen (secondary N) is 1. The zero-order valence-corrected chi connectivity index (χ0v) is 19.4. The SMILES string of the molecule is N[S@@](=O)(=NC(=O)Nc1c2c(nc3c1CCC31CC1)CCC2)c1sc(C(O)(CO)CO)cc1F. The first-order valence-electron chi connectivity index (χ1n) is 10.8. The lowest BCUT2D eigenvalue weighted by Gasteiger charge is -2.21. The average molecular weight is 497 g/mol. The molecular formula is C21H25FN4O5S2. The Balaban J connectivity index is 1.48. The fourth-order valence-electron chi connectivity index (χ4n) is 4.86. The van der Waals surface area contributed by atoms with Crippen molar-refractivity contribution in [3.63, 3.8) is 0 Å². The largest absolute Gasteiger partial charge is 0.393 e. The molecule has 1 saturated carbocycles. The fraction of sp³-hybridized carbons (Fsp3) is 0.524. The van der Waals surface area contributed by atoms with Gasteiger partial charge in [0.2, 0.25) is 0 Å². The molecule has 2 aromatic heterocycles. The Kier molecular flexibility index (Phi) is 5.38. The number of fused-ring (bicyclic) bond motifs is 3. The number of aliphatic hydroxyl groups is 3. The smallest absolute Gasteiger partial charge is 0.354 e. The van der Waals surface area contributed by atoms with Crippen LogP contribution in [0, 0.1) is 5.82 Å². The number of halogens is 1. The third kappa shape index (κ3) is 3.69. The van der Waals surface area contributed by atoms with Crippen molar-refractivity contribution in [2.45, 2.75) is 60.2 Å². The van der Waals surface area contributed by atoms with Crippen LogP contribution >= 0.6 is 11.3 Å². The van der Waals surface area contributed by atoms with Crippen LogP contribution in [0.3, 0.4) is 0 Å². The van der Waals surface area contributed by atoms with Crippen LogP contribution in [0.15, 0.2) is 14.6 Å². The molecule has 0 aliphatic heterocycles. The number of rotatable bonds is 5. The summed E-state index contributed by atoms with van der Waals surface area (Å²) in [5, 5.41) is 37.4. The Morgan fingerprint density at radius 1 is 1.27 bits per heavy atom. The molecule has 0 radical (unpaired) electrons. The Bertz CT molecular complexity index is 1280. The van der Waals surface area contributed by atoms with E-state index in [1.165, 1.54) is 0 Å². The number of pyridine rings is 1. The maximum absolute atomic E-state index is 14.5. The molecule has 6 N–H and O–H groups in total. The van der Waals surface area contributed by atoms with Gasteiger partial charge in [0.05, 0.1) is 24.6 Å². The van der Waals surface area contributed by atoms with E-state index < -0.39 is 44.8 Å². The van der Waals surface area contributed by atoms with Crippen LogP contribution in [0.1, 0.15) is 53.1 Å². The summed E-state index contributed by atoms with van der Waals surface area (Å²) >= 11 is 0.490. The number of aliphatic hydroxyl groups excluding tert-OH is 2. The van der Waals surface area contributed by atoms with Gasteiger partial charge in [-0.15, -0.1) is 15.7 Å². The maximum Gasteiger partial charge on any atom is 0.354 e. The first-order chi connectivity index (χ1) is 15.6. The zero-order chi connectivity index (χ0) is 23.6. The lowest BCUT2D eigenvalue weighted by Crippen LogP contribution is -2.33. The molecule has 0 aromatic carbocycles. The van der Waals surface area contributed by atoms with Gasteiger partial charge in [-0.25, -0.2) is 18.5 Å². The molecule has 3 aliphatic rings. The Morgan fingerprint density at radius 3 is 2.67 bits per heavy atom. The highest BCUT2D eigenvalue weighted by molar-refractivity contribution is 7.93. The van der Waals surface area contributed by atoms with Crippen LogP contribution < -0.4 is 10.5 Å². The third-order valence-corrected chi connectivity index (χ3v) is 10.1. The van der Waals surface area contributed by atoms with E-state index in [2.05, 4.69) is 9.68 Å². The van der Waals surface area contributed by atoms with E-state index in [0.717, 1.165) is 73.5 Å². The van der Waals surface area contributed by atoms with Crippen LogP contribution in [0.2, 0.25) is 0 Å². The molecule has 1 spiro atoms. The number of anilines is 1. The highest BCUT2D eigenvalue weighted by atomic mass is 32.2. The van der Waals surface area contributed by atoms with Crippen molar-refractivity contribution in [3.05, 3.63) is 39.3 Å². The number of amides is 2. The second-order valence-corrected chi connectivity index (χ2v) is 12.1. The summed E-state index contributed by atoms with van der Waals surface area (Å²) in [6.45, 7) is -1.77. The van der Waals surface area contributed by atoms with Crippen molar-refractivity contribution in [1.29, 1.82) is 0 Å². The number of carbonyl (C=O) groups is 1. The average Bonchev–Trinajstić information content (AvgIpc) is 3.09. The minimum atomic E-state index is -3.99. The van der Waals surface area contributed by atoms with Gasteiger partial charge >= 0.3 is 6.03 Å². The summed E-state index contributed by atoms with van der Waals surface area (Å²) in [5.74, 6) is -1.04. The Hall–Kier alpha value is -1.96. The van der Waals surface area contributed by atoms with Gasteiger partial charge in [0, 0.05) is 16.0 Å². The summed E-state index contributed by atoms with van der Waals surface area (Å²) in [6.07, 6.45) is 6.53. The highest BCUT2D eigenvalue weighted by Gasteiger charge is 2.51. The van der Waals surface area contributed by atoms with Gasteiger partial charge in [-0.3, -0.25) is 4.98 Å². The van der Waals surface area contributed by atoms with Gasteiger partial charge in [-0.1, -0.05) is 0 Å². The Morgan fingerprint density at radius 2 is 2.00 bits per heavy atom. The van der Waals surface area contributed by atoms with Gasteiger partial charge in [0.25, 0.3) is 0 Å². The number of nitrogens with two attached hydrogens (primary N) is 1. The quantitative estimate of drug-likeness (QED) is 0.425.